The van der Waals surface area contributed by atoms with Crippen molar-refractivity contribution in [3.05, 3.63) is 62.7 Å². The molecule has 2 aromatic rings. The minimum atomic E-state index is -0.421. The molecule has 0 unspecified atom stereocenters. The van der Waals surface area contributed by atoms with Crippen molar-refractivity contribution < 1.29 is 9.72 Å². The molecule has 142 valence electrons. The molecule has 7 heteroatoms. The van der Waals surface area contributed by atoms with Crippen molar-refractivity contribution in [3.63, 3.8) is 0 Å². The van der Waals surface area contributed by atoms with Crippen LogP contribution in [-0.4, -0.2) is 23.9 Å². The third-order valence-corrected chi connectivity index (χ3v) is 5.11. The van der Waals surface area contributed by atoms with E-state index in [1.807, 2.05) is 11.8 Å². The van der Waals surface area contributed by atoms with Crippen molar-refractivity contribution in [3.8, 4) is 0 Å². The Bertz CT molecular complexity index is 885. The van der Waals surface area contributed by atoms with Crippen molar-refractivity contribution in [1.29, 1.82) is 0 Å². The number of hydrogen-bond donors (Lipinski definition) is 1. The fourth-order valence-electron chi connectivity index (χ4n) is 3.41. The van der Waals surface area contributed by atoms with Gasteiger partial charge in [0.25, 0.3) is 11.6 Å². The minimum absolute atomic E-state index is 0.0421. The number of nitrogens with one attached hydrogen (secondary N) is 1. The van der Waals surface area contributed by atoms with Crippen LogP contribution >= 0.6 is 11.6 Å². The second kappa shape index (κ2) is 7.96. The number of aryl methyl sites for hydroxylation is 1. The average Bonchev–Trinajstić information content (AvgIpc) is 2.64. The summed E-state index contributed by atoms with van der Waals surface area (Å²) in [5, 5.41) is 14.9. The van der Waals surface area contributed by atoms with E-state index in [2.05, 4.69) is 12.2 Å². The van der Waals surface area contributed by atoms with Crippen molar-refractivity contribution in [2.75, 3.05) is 23.3 Å². The molecule has 2 aromatic carbocycles. The Morgan fingerprint density at radius 2 is 2.07 bits per heavy atom. The van der Waals surface area contributed by atoms with E-state index in [0.717, 1.165) is 31.5 Å². The number of carbonyl (C=O) groups is 1. The van der Waals surface area contributed by atoms with Gasteiger partial charge in [-0.2, -0.15) is 0 Å². The van der Waals surface area contributed by atoms with E-state index in [0.29, 0.717) is 22.3 Å². The Labute approximate surface area is 163 Å². The van der Waals surface area contributed by atoms with Gasteiger partial charge in [-0.1, -0.05) is 24.6 Å². The zero-order valence-electron chi connectivity index (χ0n) is 15.4. The first-order chi connectivity index (χ1) is 12.8. The van der Waals surface area contributed by atoms with Gasteiger partial charge in [0.1, 0.15) is 5.69 Å². The fourth-order valence-corrected chi connectivity index (χ4v) is 3.58. The monoisotopic (exact) mass is 387 g/mol. The summed E-state index contributed by atoms with van der Waals surface area (Å²) >= 11 is 5.99. The SMILES string of the molecule is Cc1ccc(Cl)cc1NC(=O)c1ccc(N2CCC[C@H](C)C2)c([N+](=O)[O-])c1. The minimum Gasteiger partial charge on any atom is -0.366 e. The quantitative estimate of drug-likeness (QED) is 0.588. The third-order valence-electron chi connectivity index (χ3n) is 4.88. The smallest absolute Gasteiger partial charge is 0.293 e. The van der Waals surface area contributed by atoms with E-state index < -0.39 is 10.8 Å². The van der Waals surface area contributed by atoms with Gasteiger partial charge in [-0.25, -0.2) is 0 Å². The highest BCUT2D eigenvalue weighted by Crippen LogP contribution is 2.32. The number of benzene rings is 2. The first kappa shape index (κ1) is 19.2. The van der Waals surface area contributed by atoms with Crippen LogP contribution in [0.4, 0.5) is 17.1 Å². The molecular weight excluding hydrogens is 366 g/mol. The summed E-state index contributed by atoms with van der Waals surface area (Å²) in [4.78, 5) is 25.8. The van der Waals surface area contributed by atoms with Crippen LogP contribution in [0.15, 0.2) is 36.4 Å². The van der Waals surface area contributed by atoms with Crippen molar-refractivity contribution >= 4 is 34.6 Å². The van der Waals surface area contributed by atoms with E-state index in [1.165, 1.54) is 6.07 Å². The van der Waals surface area contributed by atoms with Gasteiger partial charge in [-0.3, -0.25) is 14.9 Å². The van der Waals surface area contributed by atoms with Crippen molar-refractivity contribution in [2.45, 2.75) is 26.7 Å². The number of anilines is 2. The molecule has 6 nitrogen and oxygen atoms in total. The zero-order chi connectivity index (χ0) is 19.6. The molecule has 1 saturated heterocycles. The lowest BCUT2D eigenvalue weighted by atomic mass is 9.99. The third kappa shape index (κ3) is 4.39. The maximum atomic E-state index is 12.6. The van der Waals surface area contributed by atoms with Crippen LogP contribution in [0.1, 0.15) is 35.7 Å². The van der Waals surface area contributed by atoms with E-state index in [9.17, 15) is 14.9 Å². The lowest BCUT2D eigenvalue weighted by molar-refractivity contribution is -0.384. The van der Waals surface area contributed by atoms with E-state index in [4.69, 9.17) is 11.6 Å². The summed E-state index contributed by atoms with van der Waals surface area (Å²) in [5.74, 6) is 0.0918. The molecule has 0 aromatic heterocycles. The molecule has 1 aliphatic heterocycles. The standard InChI is InChI=1S/C20H22ClN3O3/c1-13-4-3-9-23(12-13)18-8-6-15(10-19(18)24(26)27)20(25)22-17-11-16(21)7-5-14(17)2/h5-8,10-11,13H,3-4,9,12H2,1-2H3,(H,22,25)/t13-/m0/s1. The highest BCUT2D eigenvalue weighted by molar-refractivity contribution is 6.31. The Balaban J connectivity index is 1.88. The molecule has 1 N–H and O–H groups in total. The first-order valence-electron chi connectivity index (χ1n) is 8.96. The van der Waals surface area contributed by atoms with Gasteiger partial charge in [-0.15, -0.1) is 0 Å². The maximum Gasteiger partial charge on any atom is 0.293 e. The summed E-state index contributed by atoms with van der Waals surface area (Å²) < 4.78 is 0. The fraction of sp³-hybridized carbons (Fsp3) is 0.350. The van der Waals surface area contributed by atoms with Gasteiger partial charge in [0.15, 0.2) is 0 Å². The van der Waals surface area contributed by atoms with Gasteiger partial charge in [0, 0.05) is 35.4 Å². The summed E-state index contributed by atoms with van der Waals surface area (Å²) in [6.07, 6.45) is 2.14. The number of hydrogen-bond acceptors (Lipinski definition) is 4. The molecule has 0 saturated carbocycles. The van der Waals surface area contributed by atoms with Gasteiger partial charge in [0.05, 0.1) is 4.92 Å². The zero-order valence-corrected chi connectivity index (χ0v) is 16.1. The Kier molecular flexibility index (Phi) is 5.65. The molecule has 1 heterocycles. The van der Waals surface area contributed by atoms with Crippen LogP contribution in [0.25, 0.3) is 0 Å². The maximum absolute atomic E-state index is 12.6. The Hall–Kier alpha value is -2.60. The second-order valence-electron chi connectivity index (χ2n) is 7.07. The summed E-state index contributed by atoms with van der Waals surface area (Å²) in [6.45, 7) is 5.58. The summed E-state index contributed by atoms with van der Waals surface area (Å²) in [5.41, 5.74) is 2.22. The van der Waals surface area contributed by atoms with Crippen molar-refractivity contribution in [1.82, 2.24) is 0 Å². The predicted octanol–water partition coefficient (Wildman–Crippen LogP) is 5.05. The van der Waals surface area contributed by atoms with E-state index in [-0.39, 0.29) is 11.3 Å². The summed E-state index contributed by atoms with van der Waals surface area (Å²) in [7, 11) is 0. The molecule has 1 aliphatic rings. The molecule has 0 bridgehead atoms. The normalized spacial score (nSPS) is 16.9. The number of nitrogens with zero attached hydrogens (tertiary/aromatic N) is 2. The Morgan fingerprint density at radius 3 is 2.78 bits per heavy atom. The van der Waals surface area contributed by atoms with Crippen LogP contribution in [0.3, 0.4) is 0 Å². The van der Waals surface area contributed by atoms with Crippen LogP contribution in [0, 0.1) is 23.0 Å². The molecule has 0 spiro atoms. The van der Waals surface area contributed by atoms with E-state index in [1.54, 1.807) is 30.3 Å². The van der Waals surface area contributed by atoms with Crippen LogP contribution < -0.4 is 10.2 Å². The highest BCUT2D eigenvalue weighted by atomic mass is 35.5. The van der Waals surface area contributed by atoms with Crippen LogP contribution in [-0.2, 0) is 0 Å². The van der Waals surface area contributed by atoms with Gasteiger partial charge in [-0.05, 0) is 55.5 Å². The van der Waals surface area contributed by atoms with Gasteiger partial charge >= 0.3 is 0 Å². The van der Waals surface area contributed by atoms with Crippen molar-refractivity contribution in [2.24, 2.45) is 5.92 Å². The highest BCUT2D eigenvalue weighted by Gasteiger charge is 2.25. The largest absolute Gasteiger partial charge is 0.366 e. The second-order valence-corrected chi connectivity index (χ2v) is 7.50. The predicted molar refractivity (Wildman–Crippen MR) is 108 cm³/mol. The molecule has 1 fully saturated rings. The number of nitro groups is 1. The number of piperidine rings is 1. The Morgan fingerprint density at radius 1 is 1.30 bits per heavy atom. The molecule has 0 radical (unpaired) electrons. The molecule has 3 rings (SSSR count). The molecule has 1 atom stereocenters. The molecule has 0 aliphatic carbocycles. The van der Waals surface area contributed by atoms with E-state index >= 15 is 0 Å². The molecular formula is C20H22ClN3O3. The van der Waals surface area contributed by atoms with Gasteiger partial charge in [0.2, 0.25) is 0 Å². The van der Waals surface area contributed by atoms with Crippen LogP contribution in [0.5, 0.6) is 0 Å². The van der Waals surface area contributed by atoms with Gasteiger partial charge < -0.3 is 10.2 Å². The summed E-state index contributed by atoms with van der Waals surface area (Å²) in [6, 6.07) is 9.87. The topological polar surface area (TPSA) is 75.5 Å². The lowest BCUT2D eigenvalue weighted by Gasteiger charge is -2.32. The first-order valence-corrected chi connectivity index (χ1v) is 9.34. The number of nitro benzene ring substituents is 1. The van der Waals surface area contributed by atoms with Crippen LogP contribution in [0.2, 0.25) is 5.02 Å². The number of halogens is 1. The number of amides is 1. The number of carbonyl (C=O) groups excluding carboxylic acids is 1. The molecule has 1 amide bonds. The average molecular weight is 388 g/mol. The molecule has 27 heavy (non-hydrogen) atoms. The lowest BCUT2D eigenvalue weighted by Crippen LogP contribution is -2.34. The number of rotatable bonds is 4.